The van der Waals surface area contributed by atoms with Gasteiger partial charge in [-0.15, -0.1) is 0 Å². The lowest BCUT2D eigenvalue weighted by Gasteiger charge is -2.19. The predicted octanol–water partition coefficient (Wildman–Crippen LogP) is 1.98. The number of aromatic nitrogens is 2. The lowest BCUT2D eigenvalue weighted by atomic mass is 10.2. The Labute approximate surface area is 150 Å². The Hall–Kier alpha value is -1.61. The Morgan fingerprint density at radius 2 is 2.08 bits per heavy atom. The van der Waals surface area contributed by atoms with E-state index in [1.165, 1.54) is 4.68 Å². The van der Waals surface area contributed by atoms with Crippen LogP contribution in [0.5, 0.6) is 0 Å². The van der Waals surface area contributed by atoms with Crippen molar-refractivity contribution >= 4 is 27.7 Å². The summed E-state index contributed by atoms with van der Waals surface area (Å²) < 4.78 is 11.8. The van der Waals surface area contributed by atoms with Crippen LogP contribution in [0.2, 0.25) is 0 Å². The van der Waals surface area contributed by atoms with Crippen LogP contribution in [0.3, 0.4) is 0 Å². The maximum atomic E-state index is 12.1. The molecule has 0 aliphatic heterocycles. The first-order valence-corrected chi connectivity index (χ1v) is 8.49. The number of hydrogen-bond donors (Lipinski definition) is 2. The highest BCUT2D eigenvalue weighted by Crippen LogP contribution is 2.15. The fourth-order valence-corrected chi connectivity index (χ4v) is 2.19. The lowest BCUT2D eigenvalue weighted by Crippen LogP contribution is -2.33. The second kappa shape index (κ2) is 9.63. The molecule has 0 unspecified atom stereocenters. The maximum Gasteiger partial charge on any atom is 0.407 e. The average molecular weight is 405 g/mol. The van der Waals surface area contributed by atoms with Gasteiger partial charge in [-0.25, -0.2) is 9.48 Å². The molecular formula is C15H25BrN4O4. The molecule has 0 saturated heterocycles. The molecule has 8 nitrogen and oxygen atoms in total. The standard InChI is InChI=1S/C15H25BrN4O4/c1-15(2,3)24-14(22)18-7-5-6-17-11-10-19-20(8-9-23-4)13(21)12(11)16/h10,17H,5-9H2,1-4H3,(H,18,22). The molecule has 9 heteroatoms. The van der Waals surface area contributed by atoms with Gasteiger partial charge in [0.05, 0.1) is 25.0 Å². The second-order valence-electron chi connectivity index (χ2n) is 6.10. The number of halogens is 1. The van der Waals surface area contributed by atoms with Crippen LogP contribution in [-0.2, 0) is 16.0 Å². The van der Waals surface area contributed by atoms with E-state index in [1.54, 1.807) is 13.3 Å². The van der Waals surface area contributed by atoms with Gasteiger partial charge in [-0.05, 0) is 43.1 Å². The zero-order chi connectivity index (χ0) is 18.2. The van der Waals surface area contributed by atoms with E-state index in [-0.39, 0.29) is 5.56 Å². The first-order valence-electron chi connectivity index (χ1n) is 7.70. The first kappa shape index (κ1) is 20.4. The van der Waals surface area contributed by atoms with Crippen LogP contribution >= 0.6 is 15.9 Å². The summed E-state index contributed by atoms with van der Waals surface area (Å²) in [6.07, 6.45) is 1.83. The molecule has 0 aliphatic carbocycles. The van der Waals surface area contributed by atoms with Gasteiger partial charge in [0.1, 0.15) is 10.1 Å². The number of carbonyl (C=O) groups is 1. The highest BCUT2D eigenvalue weighted by Gasteiger charge is 2.15. The summed E-state index contributed by atoms with van der Waals surface area (Å²) in [5, 5.41) is 9.87. The van der Waals surface area contributed by atoms with Gasteiger partial charge >= 0.3 is 6.09 Å². The number of hydrogen-bond acceptors (Lipinski definition) is 6. The molecule has 2 N–H and O–H groups in total. The molecule has 0 spiro atoms. The van der Waals surface area contributed by atoms with Crippen molar-refractivity contribution in [1.82, 2.24) is 15.1 Å². The normalized spacial score (nSPS) is 11.2. The van der Waals surface area contributed by atoms with Gasteiger partial charge in [-0.3, -0.25) is 4.79 Å². The molecule has 0 saturated carbocycles. The van der Waals surface area contributed by atoms with Crippen molar-refractivity contribution in [2.75, 3.05) is 32.1 Å². The van der Waals surface area contributed by atoms with Gasteiger partial charge in [0.15, 0.2) is 0 Å². The number of amides is 1. The third-order valence-electron chi connectivity index (χ3n) is 2.83. The molecule has 0 atom stereocenters. The van der Waals surface area contributed by atoms with Crippen molar-refractivity contribution in [2.24, 2.45) is 0 Å². The summed E-state index contributed by atoms with van der Waals surface area (Å²) in [4.78, 5) is 23.6. The fourth-order valence-electron chi connectivity index (χ4n) is 1.74. The molecular weight excluding hydrogens is 380 g/mol. The van der Waals surface area contributed by atoms with E-state index in [0.29, 0.717) is 42.8 Å². The lowest BCUT2D eigenvalue weighted by molar-refractivity contribution is 0.0528. The quantitative estimate of drug-likeness (QED) is 0.643. The van der Waals surface area contributed by atoms with Crippen molar-refractivity contribution in [3.63, 3.8) is 0 Å². The number of nitrogens with zero attached hydrogens (tertiary/aromatic N) is 2. The van der Waals surface area contributed by atoms with E-state index < -0.39 is 11.7 Å². The Morgan fingerprint density at radius 1 is 1.38 bits per heavy atom. The van der Waals surface area contributed by atoms with Gasteiger partial charge in [-0.1, -0.05) is 0 Å². The number of anilines is 1. The van der Waals surface area contributed by atoms with Crippen molar-refractivity contribution < 1.29 is 14.3 Å². The van der Waals surface area contributed by atoms with Crippen LogP contribution in [0.1, 0.15) is 27.2 Å². The molecule has 24 heavy (non-hydrogen) atoms. The van der Waals surface area contributed by atoms with E-state index in [0.717, 1.165) is 0 Å². The van der Waals surface area contributed by atoms with Crippen molar-refractivity contribution in [2.45, 2.75) is 39.3 Å². The minimum absolute atomic E-state index is 0.219. The highest BCUT2D eigenvalue weighted by molar-refractivity contribution is 9.10. The highest BCUT2D eigenvalue weighted by atomic mass is 79.9. The van der Waals surface area contributed by atoms with Gasteiger partial charge in [-0.2, -0.15) is 5.10 Å². The van der Waals surface area contributed by atoms with Crippen LogP contribution in [0.25, 0.3) is 0 Å². The fraction of sp³-hybridized carbons (Fsp3) is 0.667. The van der Waals surface area contributed by atoms with E-state index in [2.05, 4.69) is 31.7 Å². The second-order valence-corrected chi connectivity index (χ2v) is 6.90. The third-order valence-corrected chi connectivity index (χ3v) is 3.60. The smallest absolute Gasteiger partial charge is 0.407 e. The molecule has 1 heterocycles. The van der Waals surface area contributed by atoms with Crippen LogP contribution in [0, 0.1) is 0 Å². The number of ether oxygens (including phenoxy) is 2. The number of nitrogens with one attached hydrogen (secondary N) is 2. The monoisotopic (exact) mass is 404 g/mol. The van der Waals surface area contributed by atoms with Gasteiger partial charge in [0.2, 0.25) is 0 Å². The van der Waals surface area contributed by atoms with Crippen LogP contribution in [0.15, 0.2) is 15.5 Å². The predicted molar refractivity (Wildman–Crippen MR) is 95.4 cm³/mol. The van der Waals surface area contributed by atoms with Crippen molar-refractivity contribution in [3.05, 3.63) is 21.0 Å². The molecule has 136 valence electrons. The number of rotatable bonds is 8. The zero-order valence-corrected chi connectivity index (χ0v) is 16.1. The summed E-state index contributed by atoms with van der Waals surface area (Å²) in [5.74, 6) is 0. The summed E-state index contributed by atoms with van der Waals surface area (Å²) in [6.45, 7) is 7.31. The van der Waals surface area contributed by atoms with E-state index >= 15 is 0 Å². The van der Waals surface area contributed by atoms with Crippen molar-refractivity contribution in [3.8, 4) is 0 Å². The van der Waals surface area contributed by atoms with E-state index in [1.807, 2.05) is 20.8 Å². The Balaban J connectivity index is 2.39. The Kier molecular flexibility index (Phi) is 8.20. The molecule has 1 rings (SSSR count). The molecule has 0 aliphatic rings. The first-order chi connectivity index (χ1) is 11.2. The molecule has 0 fully saturated rings. The van der Waals surface area contributed by atoms with Crippen LogP contribution < -0.4 is 16.2 Å². The SMILES string of the molecule is COCCn1ncc(NCCCNC(=O)OC(C)(C)C)c(Br)c1=O. The molecule has 0 aromatic carbocycles. The summed E-state index contributed by atoms with van der Waals surface area (Å²) in [5.41, 5.74) is -0.110. The number of alkyl carbamates (subject to hydrolysis) is 1. The Morgan fingerprint density at radius 3 is 2.71 bits per heavy atom. The molecule has 0 radical (unpaired) electrons. The van der Waals surface area contributed by atoms with E-state index in [4.69, 9.17) is 9.47 Å². The third kappa shape index (κ3) is 7.31. The molecule has 0 bridgehead atoms. The van der Waals surface area contributed by atoms with Gasteiger partial charge < -0.3 is 20.1 Å². The molecule has 1 aromatic heterocycles. The van der Waals surface area contributed by atoms with Gasteiger partial charge in [0, 0.05) is 20.2 Å². The Bertz CT molecular complexity index is 598. The minimum Gasteiger partial charge on any atom is -0.444 e. The maximum absolute atomic E-state index is 12.1. The van der Waals surface area contributed by atoms with Crippen molar-refractivity contribution in [1.29, 1.82) is 0 Å². The average Bonchev–Trinajstić information content (AvgIpc) is 2.48. The molecule has 1 aromatic rings. The summed E-state index contributed by atoms with van der Waals surface area (Å²) in [6, 6.07) is 0. The minimum atomic E-state index is -0.508. The zero-order valence-electron chi connectivity index (χ0n) is 14.5. The summed E-state index contributed by atoms with van der Waals surface area (Å²) in [7, 11) is 1.57. The topological polar surface area (TPSA) is 94.5 Å². The number of methoxy groups -OCH3 is 1. The van der Waals surface area contributed by atoms with Crippen LogP contribution in [-0.4, -0.2) is 48.3 Å². The summed E-state index contributed by atoms with van der Waals surface area (Å²) >= 11 is 3.28. The van der Waals surface area contributed by atoms with E-state index in [9.17, 15) is 9.59 Å². The molecule has 1 amide bonds. The van der Waals surface area contributed by atoms with Crippen LogP contribution in [0.4, 0.5) is 10.5 Å². The van der Waals surface area contributed by atoms with Gasteiger partial charge in [0.25, 0.3) is 5.56 Å². The number of carbonyl (C=O) groups excluding carboxylic acids is 1. The largest absolute Gasteiger partial charge is 0.444 e.